The van der Waals surface area contributed by atoms with Gasteiger partial charge in [0.2, 0.25) is 15.8 Å². The molecular formula is C20H25N3O6S. The highest BCUT2D eigenvalue weighted by Crippen LogP contribution is 2.26. The molecule has 1 aliphatic rings. The molecular weight excluding hydrogens is 410 g/mol. The predicted octanol–water partition coefficient (Wildman–Crippen LogP) is 1.74. The zero-order valence-corrected chi connectivity index (χ0v) is 17.8. The Bertz CT molecular complexity index is 982. The summed E-state index contributed by atoms with van der Waals surface area (Å²) in [6.45, 7) is 1.52. The minimum Gasteiger partial charge on any atom is -0.496 e. The number of Topliss-reactive ketones (excluding diaryl/α,β-unsaturated/α-hetero) is 1. The van der Waals surface area contributed by atoms with Gasteiger partial charge >= 0.3 is 5.97 Å². The number of nitriles is 1. The third kappa shape index (κ3) is 5.37. The fourth-order valence-electron chi connectivity index (χ4n) is 3.09. The summed E-state index contributed by atoms with van der Waals surface area (Å²) >= 11 is 0. The van der Waals surface area contributed by atoms with Crippen LogP contribution in [0.2, 0.25) is 0 Å². The summed E-state index contributed by atoms with van der Waals surface area (Å²) in [6, 6.07) is 5.58. The molecule has 2 N–H and O–H groups in total. The second-order valence-corrected chi connectivity index (χ2v) is 8.79. The summed E-state index contributed by atoms with van der Waals surface area (Å²) in [5.74, 6) is -1.59. The largest absolute Gasteiger partial charge is 0.496 e. The number of allylic oxidation sites excluding steroid dienone is 1. The van der Waals surface area contributed by atoms with Crippen LogP contribution in [0.4, 0.5) is 0 Å². The molecule has 1 aliphatic heterocycles. The standard InChI is InChI=1S/C20H25N3O6S/c1-14(22)17(12-21)18(24)13-29-20(25)16-11-15(7-8-19(16)28-2)30(26,27)23-9-5-3-4-6-10-23/h7-8,11H,3-6,9-10,13,22H2,1-2H3/b17-14+. The van der Waals surface area contributed by atoms with Crippen molar-refractivity contribution in [2.45, 2.75) is 37.5 Å². The molecule has 0 atom stereocenters. The molecule has 30 heavy (non-hydrogen) atoms. The van der Waals surface area contributed by atoms with Gasteiger partial charge in [0, 0.05) is 18.8 Å². The van der Waals surface area contributed by atoms with E-state index >= 15 is 0 Å². The number of rotatable bonds is 7. The third-order valence-electron chi connectivity index (χ3n) is 4.71. The summed E-state index contributed by atoms with van der Waals surface area (Å²) in [4.78, 5) is 24.5. The average molecular weight is 436 g/mol. The molecule has 0 spiro atoms. The van der Waals surface area contributed by atoms with Crippen LogP contribution in [0.3, 0.4) is 0 Å². The van der Waals surface area contributed by atoms with Crippen LogP contribution in [0.15, 0.2) is 34.4 Å². The molecule has 9 nitrogen and oxygen atoms in total. The van der Waals surface area contributed by atoms with Crippen molar-refractivity contribution in [1.82, 2.24) is 4.31 Å². The van der Waals surface area contributed by atoms with Crippen LogP contribution in [0, 0.1) is 11.3 Å². The quantitative estimate of drug-likeness (QED) is 0.388. The second-order valence-electron chi connectivity index (χ2n) is 6.85. The zero-order valence-electron chi connectivity index (χ0n) is 17.0. The van der Waals surface area contributed by atoms with E-state index in [2.05, 4.69) is 0 Å². The fourth-order valence-corrected chi connectivity index (χ4v) is 4.63. The van der Waals surface area contributed by atoms with E-state index in [1.54, 1.807) is 6.07 Å². The number of nitrogens with two attached hydrogens (primary N) is 1. The summed E-state index contributed by atoms with van der Waals surface area (Å²) in [6.07, 6.45) is 3.51. The summed E-state index contributed by atoms with van der Waals surface area (Å²) < 4.78 is 37.5. The number of methoxy groups -OCH3 is 1. The van der Waals surface area contributed by atoms with E-state index in [1.165, 1.54) is 36.5 Å². The van der Waals surface area contributed by atoms with Crippen molar-refractivity contribution in [3.05, 3.63) is 35.0 Å². The van der Waals surface area contributed by atoms with Crippen LogP contribution < -0.4 is 10.5 Å². The predicted molar refractivity (Wildman–Crippen MR) is 108 cm³/mol. The van der Waals surface area contributed by atoms with Gasteiger partial charge < -0.3 is 15.2 Å². The Morgan fingerprint density at radius 1 is 1.20 bits per heavy atom. The maximum absolute atomic E-state index is 13.0. The topological polar surface area (TPSA) is 140 Å². The summed E-state index contributed by atoms with van der Waals surface area (Å²) in [5, 5.41) is 8.96. The lowest BCUT2D eigenvalue weighted by Gasteiger charge is -2.20. The molecule has 1 fully saturated rings. The minimum absolute atomic E-state index is 0.0154. The van der Waals surface area contributed by atoms with Crippen molar-refractivity contribution in [1.29, 1.82) is 5.26 Å². The number of hydrogen-bond acceptors (Lipinski definition) is 8. The number of ketones is 1. The first-order chi connectivity index (χ1) is 14.2. The van der Waals surface area contributed by atoms with Gasteiger partial charge in [-0.2, -0.15) is 9.57 Å². The molecule has 2 rings (SSSR count). The number of carbonyl (C=O) groups excluding carboxylic acids is 2. The van der Waals surface area contributed by atoms with Crippen molar-refractivity contribution in [3.63, 3.8) is 0 Å². The third-order valence-corrected chi connectivity index (χ3v) is 6.61. The van der Waals surface area contributed by atoms with Gasteiger partial charge in [0.05, 0.1) is 12.0 Å². The Kier molecular flexibility index (Phi) is 7.97. The van der Waals surface area contributed by atoms with E-state index in [4.69, 9.17) is 20.5 Å². The molecule has 0 radical (unpaired) electrons. The SMILES string of the molecule is COc1ccc(S(=O)(=O)N2CCCCCC2)cc1C(=O)OCC(=O)/C(C#N)=C(\C)N. The Labute approximate surface area is 176 Å². The molecule has 0 bridgehead atoms. The van der Waals surface area contributed by atoms with E-state index in [0.29, 0.717) is 13.1 Å². The maximum atomic E-state index is 13.0. The van der Waals surface area contributed by atoms with Crippen LogP contribution >= 0.6 is 0 Å². The van der Waals surface area contributed by atoms with Gasteiger partial charge in [-0.3, -0.25) is 4.79 Å². The first-order valence-corrected chi connectivity index (χ1v) is 10.9. The molecule has 0 saturated carbocycles. The van der Waals surface area contributed by atoms with Crippen LogP contribution in [0.25, 0.3) is 0 Å². The van der Waals surface area contributed by atoms with E-state index in [9.17, 15) is 18.0 Å². The number of benzene rings is 1. The first-order valence-electron chi connectivity index (χ1n) is 9.47. The van der Waals surface area contributed by atoms with Crippen molar-refractivity contribution in [2.24, 2.45) is 5.73 Å². The molecule has 0 unspecified atom stereocenters. The lowest BCUT2D eigenvalue weighted by molar-refractivity contribution is -0.118. The molecule has 162 valence electrons. The van der Waals surface area contributed by atoms with Crippen molar-refractivity contribution in [3.8, 4) is 11.8 Å². The van der Waals surface area contributed by atoms with Crippen molar-refractivity contribution in [2.75, 3.05) is 26.8 Å². The van der Waals surface area contributed by atoms with Gasteiger partial charge in [0.15, 0.2) is 6.61 Å². The monoisotopic (exact) mass is 435 g/mol. The van der Waals surface area contributed by atoms with Crippen LogP contribution in [-0.2, 0) is 19.6 Å². The average Bonchev–Trinajstić information content (AvgIpc) is 3.01. The van der Waals surface area contributed by atoms with Gasteiger partial charge in [-0.15, -0.1) is 0 Å². The first kappa shape index (κ1) is 23.4. The zero-order chi connectivity index (χ0) is 22.3. The van der Waals surface area contributed by atoms with E-state index < -0.39 is 28.4 Å². The summed E-state index contributed by atoms with van der Waals surface area (Å²) in [5.41, 5.74) is 5.05. The highest BCUT2D eigenvalue weighted by Gasteiger charge is 2.27. The van der Waals surface area contributed by atoms with Gasteiger partial charge in [-0.1, -0.05) is 12.8 Å². The highest BCUT2D eigenvalue weighted by molar-refractivity contribution is 7.89. The molecule has 0 aliphatic carbocycles. The maximum Gasteiger partial charge on any atom is 0.342 e. The molecule has 1 saturated heterocycles. The van der Waals surface area contributed by atoms with Crippen LogP contribution in [0.1, 0.15) is 43.0 Å². The van der Waals surface area contributed by atoms with Crippen molar-refractivity contribution >= 4 is 21.8 Å². The Balaban J connectivity index is 2.27. The van der Waals surface area contributed by atoms with Gasteiger partial charge in [0.1, 0.15) is 23.0 Å². The smallest absolute Gasteiger partial charge is 0.342 e. The molecule has 0 amide bonds. The minimum atomic E-state index is -3.79. The normalized spacial score (nSPS) is 16.0. The Hall–Kier alpha value is -2.90. The lowest BCUT2D eigenvalue weighted by atomic mass is 10.1. The second kappa shape index (κ2) is 10.2. The lowest BCUT2D eigenvalue weighted by Crippen LogP contribution is -2.32. The van der Waals surface area contributed by atoms with Crippen molar-refractivity contribution < 1.29 is 27.5 Å². The molecule has 0 aromatic heterocycles. The summed E-state index contributed by atoms with van der Waals surface area (Å²) in [7, 11) is -2.46. The number of ether oxygens (including phenoxy) is 2. The van der Waals surface area contributed by atoms with Crippen LogP contribution in [-0.4, -0.2) is 51.3 Å². The molecule has 1 aromatic carbocycles. The van der Waals surface area contributed by atoms with Gasteiger partial charge in [-0.05, 0) is 38.0 Å². The van der Waals surface area contributed by atoms with E-state index in [-0.39, 0.29) is 27.5 Å². The van der Waals surface area contributed by atoms with Crippen LogP contribution in [0.5, 0.6) is 5.75 Å². The highest BCUT2D eigenvalue weighted by atomic mass is 32.2. The number of sulfonamides is 1. The number of hydrogen-bond donors (Lipinski definition) is 1. The Morgan fingerprint density at radius 3 is 2.37 bits per heavy atom. The number of esters is 1. The van der Waals surface area contributed by atoms with E-state index in [0.717, 1.165) is 25.7 Å². The van der Waals surface area contributed by atoms with Gasteiger partial charge in [-0.25, -0.2) is 13.2 Å². The van der Waals surface area contributed by atoms with E-state index in [1.807, 2.05) is 0 Å². The number of nitrogens with zero attached hydrogens (tertiary/aromatic N) is 2. The fraction of sp³-hybridized carbons (Fsp3) is 0.450. The molecule has 10 heteroatoms. The molecule has 1 heterocycles. The Morgan fingerprint density at radius 2 is 1.83 bits per heavy atom. The molecule has 1 aromatic rings. The number of carbonyl (C=O) groups is 2. The van der Waals surface area contributed by atoms with Gasteiger partial charge in [0.25, 0.3) is 0 Å².